The summed E-state index contributed by atoms with van der Waals surface area (Å²) in [4.78, 5) is 0. The van der Waals surface area contributed by atoms with Crippen LogP contribution in [0, 0.1) is 0 Å². The fourth-order valence-electron chi connectivity index (χ4n) is 0.539. The van der Waals surface area contributed by atoms with Gasteiger partial charge in [-0.1, -0.05) is 26.2 Å². The molecular weight excluding hydrogens is 179 g/mol. The second-order valence-electron chi connectivity index (χ2n) is 1.78. The third kappa shape index (κ3) is 9.96. The molecule has 0 unspecified atom stereocenters. The van der Waals surface area contributed by atoms with Crippen LogP contribution in [0.25, 0.3) is 0 Å². The predicted molar refractivity (Wildman–Crippen MR) is 31.2 cm³/mol. The topological polar surface area (TPSA) is 20.2 Å². The summed E-state index contributed by atoms with van der Waals surface area (Å²) >= 11 is 0. The quantitative estimate of drug-likeness (QED) is 0.672. The van der Waals surface area contributed by atoms with Crippen molar-refractivity contribution in [3.8, 4) is 0 Å². The maximum atomic E-state index is 8.29. The van der Waals surface area contributed by atoms with Gasteiger partial charge in [-0.2, -0.15) is 0 Å². The van der Waals surface area contributed by atoms with Gasteiger partial charge >= 0.3 is 0 Å². The third-order valence-corrected chi connectivity index (χ3v) is 1.01. The molecule has 0 fully saturated rings. The molecule has 1 nitrogen and oxygen atoms in total. The SMILES string of the molecule is CCCCCCO.[Zr]. The standard InChI is InChI=1S/C6H14O.Zr/c1-2-3-4-5-6-7;/h7H,2-6H2,1H3;. The minimum Gasteiger partial charge on any atom is -0.396 e. The van der Waals surface area contributed by atoms with Gasteiger partial charge in [-0.05, 0) is 6.42 Å². The molecule has 0 bridgehead atoms. The molecule has 0 aromatic rings. The van der Waals surface area contributed by atoms with E-state index in [1.54, 1.807) is 0 Å². The first kappa shape index (κ1) is 11.6. The van der Waals surface area contributed by atoms with Gasteiger partial charge in [-0.3, -0.25) is 0 Å². The summed E-state index contributed by atoms with van der Waals surface area (Å²) in [6.45, 7) is 2.53. The number of hydrogen-bond acceptors (Lipinski definition) is 1. The van der Waals surface area contributed by atoms with Crippen molar-refractivity contribution in [1.29, 1.82) is 0 Å². The first-order valence-corrected chi connectivity index (χ1v) is 3.02. The van der Waals surface area contributed by atoms with Gasteiger partial charge in [0.2, 0.25) is 0 Å². The summed E-state index contributed by atoms with van der Waals surface area (Å²) in [6.07, 6.45) is 4.68. The van der Waals surface area contributed by atoms with Gasteiger partial charge in [0.25, 0.3) is 0 Å². The molecule has 0 rings (SSSR count). The van der Waals surface area contributed by atoms with E-state index >= 15 is 0 Å². The Hall–Kier alpha value is 0.843. The van der Waals surface area contributed by atoms with Crippen molar-refractivity contribution in [2.45, 2.75) is 32.6 Å². The van der Waals surface area contributed by atoms with Crippen molar-refractivity contribution in [2.75, 3.05) is 6.61 Å². The zero-order chi connectivity index (χ0) is 5.54. The fourth-order valence-corrected chi connectivity index (χ4v) is 0.539. The molecule has 0 aliphatic rings. The third-order valence-electron chi connectivity index (χ3n) is 1.01. The Morgan fingerprint density at radius 3 is 2.12 bits per heavy atom. The van der Waals surface area contributed by atoms with Crippen LogP contribution >= 0.6 is 0 Å². The Bertz CT molecular complexity index is 27.7. The first-order chi connectivity index (χ1) is 3.41. The van der Waals surface area contributed by atoms with E-state index in [9.17, 15) is 0 Å². The summed E-state index contributed by atoms with van der Waals surface area (Å²) in [5, 5.41) is 8.29. The average molecular weight is 193 g/mol. The van der Waals surface area contributed by atoms with E-state index < -0.39 is 0 Å². The summed E-state index contributed by atoms with van der Waals surface area (Å²) in [7, 11) is 0. The molecular formula is C6H14OZr. The van der Waals surface area contributed by atoms with Crippen molar-refractivity contribution in [3.05, 3.63) is 0 Å². The molecule has 2 heteroatoms. The number of rotatable bonds is 4. The van der Waals surface area contributed by atoms with Crippen molar-refractivity contribution in [3.63, 3.8) is 0 Å². The second kappa shape index (κ2) is 10.8. The van der Waals surface area contributed by atoms with E-state index in [-0.39, 0.29) is 26.2 Å². The van der Waals surface area contributed by atoms with E-state index in [0.717, 1.165) is 6.42 Å². The summed E-state index contributed by atoms with van der Waals surface area (Å²) in [5.41, 5.74) is 0. The van der Waals surface area contributed by atoms with E-state index in [1.165, 1.54) is 19.3 Å². The molecule has 48 valence electrons. The van der Waals surface area contributed by atoms with Gasteiger partial charge in [0, 0.05) is 32.8 Å². The van der Waals surface area contributed by atoms with Crippen LogP contribution in [0.5, 0.6) is 0 Å². The van der Waals surface area contributed by atoms with Gasteiger partial charge in [0.05, 0.1) is 0 Å². The van der Waals surface area contributed by atoms with Gasteiger partial charge in [0.15, 0.2) is 0 Å². The van der Waals surface area contributed by atoms with Crippen molar-refractivity contribution >= 4 is 0 Å². The Balaban J connectivity index is 0. The van der Waals surface area contributed by atoms with Crippen molar-refractivity contribution in [2.24, 2.45) is 0 Å². The summed E-state index contributed by atoms with van der Waals surface area (Å²) in [6, 6.07) is 0. The molecule has 0 heterocycles. The minimum atomic E-state index is 0. The molecule has 0 aliphatic heterocycles. The van der Waals surface area contributed by atoms with Crippen LogP contribution < -0.4 is 0 Å². The Morgan fingerprint density at radius 2 is 1.75 bits per heavy atom. The Kier molecular flexibility index (Phi) is 15.6. The fraction of sp³-hybridized carbons (Fsp3) is 1.00. The minimum absolute atomic E-state index is 0. The molecule has 1 N–H and O–H groups in total. The smallest absolute Gasteiger partial charge is 0.0431 e. The molecule has 0 atom stereocenters. The monoisotopic (exact) mass is 192 g/mol. The van der Waals surface area contributed by atoms with Crippen LogP contribution in [-0.2, 0) is 26.2 Å². The first-order valence-electron chi connectivity index (χ1n) is 3.02. The normalized spacial score (nSPS) is 8.25. The van der Waals surface area contributed by atoms with Gasteiger partial charge in [-0.25, -0.2) is 0 Å². The average Bonchev–Trinajstić information content (AvgIpc) is 1.69. The van der Waals surface area contributed by atoms with Crippen LogP contribution in [-0.4, -0.2) is 11.7 Å². The zero-order valence-electron chi connectivity index (χ0n) is 5.48. The van der Waals surface area contributed by atoms with Gasteiger partial charge < -0.3 is 5.11 Å². The number of unbranched alkanes of at least 4 members (excludes halogenated alkanes) is 3. The number of aliphatic hydroxyl groups excluding tert-OH is 1. The second-order valence-corrected chi connectivity index (χ2v) is 1.78. The molecule has 0 saturated carbocycles. The molecule has 0 saturated heterocycles. The number of aliphatic hydroxyl groups is 1. The molecule has 0 aromatic carbocycles. The zero-order valence-corrected chi connectivity index (χ0v) is 7.94. The van der Waals surface area contributed by atoms with Crippen LogP contribution in [0.3, 0.4) is 0 Å². The van der Waals surface area contributed by atoms with Crippen molar-refractivity contribution in [1.82, 2.24) is 0 Å². The number of hydrogen-bond donors (Lipinski definition) is 1. The van der Waals surface area contributed by atoms with Crippen LogP contribution in [0.2, 0.25) is 0 Å². The molecule has 8 heavy (non-hydrogen) atoms. The van der Waals surface area contributed by atoms with Crippen molar-refractivity contribution < 1.29 is 31.3 Å². The maximum Gasteiger partial charge on any atom is 0.0431 e. The molecule has 0 spiro atoms. The van der Waals surface area contributed by atoms with E-state index in [0.29, 0.717) is 6.61 Å². The van der Waals surface area contributed by atoms with Gasteiger partial charge in [0.1, 0.15) is 0 Å². The van der Waals surface area contributed by atoms with E-state index in [1.807, 2.05) is 0 Å². The molecule has 0 amide bonds. The molecule has 0 radical (unpaired) electrons. The maximum absolute atomic E-state index is 8.29. The predicted octanol–water partition coefficient (Wildman–Crippen LogP) is 1.56. The van der Waals surface area contributed by atoms with E-state index in [2.05, 4.69) is 6.92 Å². The van der Waals surface area contributed by atoms with Gasteiger partial charge in [-0.15, -0.1) is 0 Å². The summed E-state index contributed by atoms with van der Waals surface area (Å²) < 4.78 is 0. The van der Waals surface area contributed by atoms with Crippen LogP contribution in [0.4, 0.5) is 0 Å². The largest absolute Gasteiger partial charge is 0.396 e. The Morgan fingerprint density at radius 1 is 1.12 bits per heavy atom. The molecule has 0 aliphatic carbocycles. The van der Waals surface area contributed by atoms with Crippen LogP contribution in [0.15, 0.2) is 0 Å². The summed E-state index contributed by atoms with van der Waals surface area (Å²) in [5.74, 6) is 0. The van der Waals surface area contributed by atoms with Crippen LogP contribution in [0.1, 0.15) is 32.6 Å². The van der Waals surface area contributed by atoms with E-state index in [4.69, 9.17) is 5.11 Å². The Labute approximate surface area is 70.6 Å². The molecule has 0 aromatic heterocycles.